The molecule has 0 bridgehead atoms. The van der Waals surface area contributed by atoms with Crippen LogP contribution in [0.4, 0.5) is 0 Å². The molecule has 0 amide bonds. The summed E-state index contributed by atoms with van der Waals surface area (Å²) in [6, 6.07) is 8.71. The first-order valence-corrected chi connectivity index (χ1v) is 6.42. The number of nitrogens with zero attached hydrogens (tertiary/aromatic N) is 2. The summed E-state index contributed by atoms with van der Waals surface area (Å²) in [6.07, 6.45) is 3.80. The van der Waals surface area contributed by atoms with Crippen LogP contribution in [-0.4, -0.2) is 16.6 Å². The average Bonchev–Trinajstić information content (AvgIpc) is 2.78. The monoisotopic (exact) mass is 293 g/mol. The second-order valence-electron chi connectivity index (χ2n) is 4.05. The third kappa shape index (κ3) is 2.76. The molecule has 1 heterocycles. The van der Waals surface area contributed by atoms with Crippen LogP contribution in [0.15, 0.2) is 41.3 Å². The van der Waals surface area contributed by atoms with Gasteiger partial charge in [0.2, 0.25) is 0 Å². The maximum absolute atomic E-state index is 4.22. The summed E-state index contributed by atoms with van der Waals surface area (Å²) < 4.78 is 3.30. The molecule has 0 saturated heterocycles. The highest BCUT2D eigenvalue weighted by molar-refractivity contribution is 9.10. The number of nitrogens with one attached hydrogen (secondary N) is 1. The molecule has 0 aliphatic carbocycles. The lowest BCUT2D eigenvalue weighted by atomic mass is 10.1. The first-order valence-electron chi connectivity index (χ1n) is 5.63. The van der Waals surface area contributed by atoms with Crippen LogP contribution in [0.1, 0.15) is 24.2 Å². The summed E-state index contributed by atoms with van der Waals surface area (Å²) in [7, 11) is 1.95. The van der Waals surface area contributed by atoms with Gasteiger partial charge in [0.1, 0.15) is 0 Å². The van der Waals surface area contributed by atoms with E-state index in [0.29, 0.717) is 6.04 Å². The first kappa shape index (κ1) is 12.3. The number of imidazole rings is 1. The van der Waals surface area contributed by atoms with Gasteiger partial charge in [0.25, 0.3) is 0 Å². The van der Waals surface area contributed by atoms with E-state index in [1.807, 2.05) is 19.6 Å². The zero-order chi connectivity index (χ0) is 12.3. The molecule has 90 valence electrons. The Morgan fingerprint density at radius 2 is 2.06 bits per heavy atom. The molecule has 1 aromatic heterocycles. The van der Waals surface area contributed by atoms with Crippen molar-refractivity contribution in [3.8, 4) is 0 Å². The number of hydrogen-bond donors (Lipinski definition) is 1. The van der Waals surface area contributed by atoms with Crippen LogP contribution in [0.5, 0.6) is 0 Å². The zero-order valence-corrected chi connectivity index (χ0v) is 11.6. The molecular weight excluding hydrogens is 278 g/mol. The van der Waals surface area contributed by atoms with Crippen LogP contribution in [0, 0.1) is 0 Å². The largest absolute Gasteiger partial charge is 0.326 e. The van der Waals surface area contributed by atoms with E-state index in [1.54, 1.807) is 0 Å². The predicted octanol–water partition coefficient (Wildman–Crippen LogP) is 2.97. The highest BCUT2D eigenvalue weighted by Gasteiger charge is 2.10. The molecule has 0 fully saturated rings. The van der Waals surface area contributed by atoms with Gasteiger partial charge in [-0.15, -0.1) is 0 Å². The van der Waals surface area contributed by atoms with E-state index in [4.69, 9.17) is 0 Å². The highest BCUT2D eigenvalue weighted by Crippen LogP contribution is 2.21. The van der Waals surface area contributed by atoms with Crippen LogP contribution >= 0.6 is 15.9 Å². The quantitative estimate of drug-likeness (QED) is 0.939. The van der Waals surface area contributed by atoms with Crippen LogP contribution in [0.25, 0.3) is 0 Å². The van der Waals surface area contributed by atoms with Gasteiger partial charge in [-0.05, 0) is 31.7 Å². The Morgan fingerprint density at radius 3 is 2.71 bits per heavy atom. The van der Waals surface area contributed by atoms with E-state index >= 15 is 0 Å². The standard InChI is InChI=1S/C13H16BrN3/c1-10(11-3-5-12(14)6-4-11)17-9-16-8-13(17)7-15-2/h3-6,8-10,15H,7H2,1-2H3. The predicted molar refractivity (Wildman–Crippen MR) is 72.9 cm³/mol. The third-order valence-corrected chi connectivity index (χ3v) is 3.40. The van der Waals surface area contributed by atoms with Crippen LogP contribution in [0.3, 0.4) is 0 Å². The summed E-state index contributed by atoms with van der Waals surface area (Å²) in [5.41, 5.74) is 2.48. The van der Waals surface area contributed by atoms with Crippen molar-refractivity contribution < 1.29 is 0 Å². The number of rotatable bonds is 4. The Bertz CT molecular complexity index is 476. The maximum Gasteiger partial charge on any atom is 0.0954 e. The summed E-state index contributed by atoms with van der Waals surface area (Å²) in [6.45, 7) is 3.02. The minimum absolute atomic E-state index is 0.300. The lowest BCUT2D eigenvalue weighted by Crippen LogP contribution is -2.14. The fourth-order valence-electron chi connectivity index (χ4n) is 1.90. The van der Waals surface area contributed by atoms with Crippen molar-refractivity contribution >= 4 is 15.9 Å². The van der Waals surface area contributed by atoms with Crippen LogP contribution < -0.4 is 5.32 Å². The molecule has 2 rings (SSSR count). The van der Waals surface area contributed by atoms with Crippen LogP contribution in [0.2, 0.25) is 0 Å². The Labute approximate surface area is 110 Å². The molecule has 3 nitrogen and oxygen atoms in total. The van der Waals surface area contributed by atoms with Crippen LogP contribution in [-0.2, 0) is 6.54 Å². The average molecular weight is 294 g/mol. The molecule has 1 atom stereocenters. The van der Waals surface area contributed by atoms with E-state index in [-0.39, 0.29) is 0 Å². The fourth-order valence-corrected chi connectivity index (χ4v) is 2.17. The van der Waals surface area contributed by atoms with E-state index in [9.17, 15) is 0 Å². The Balaban J connectivity index is 2.26. The molecule has 2 aromatic rings. The van der Waals surface area contributed by atoms with Gasteiger partial charge in [-0.1, -0.05) is 28.1 Å². The van der Waals surface area contributed by atoms with Crippen molar-refractivity contribution in [1.82, 2.24) is 14.9 Å². The Morgan fingerprint density at radius 1 is 1.35 bits per heavy atom. The molecule has 1 unspecified atom stereocenters. The topological polar surface area (TPSA) is 29.9 Å². The number of hydrogen-bond acceptors (Lipinski definition) is 2. The minimum atomic E-state index is 0.300. The first-order chi connectivity index (χ1) is 8.22. The fraction of sp³-hybridized carbons (Fsp3) is 0.308. The van der Waals surface area contributed by atoms with E-state index < -0.39 is 0 Å². The van der Waals surface area contributed by atoms with Crippen molar-refractivity contribution in [2.24, 2.45) is 0 Å². The van der Waals surface area contributed by atoms with Gasteiger partial charge < -0.3 is 9.88 Å². The molecule has 4 heteroatoms. The van der Waals surface area contributed by atoms with E-state index in [0.717, 1.165) is 11.0 Å². The van der Waals surface area contributed by atoms with Gasteiger partial charge >= 0.3 is 0 Å². The minimum Gasteiger partial charge on any atom is -0.326 e. The van der Waals surface area contributed by atoms with E-state index in [2.05, 4.69) is 62.0 Å². The second-order valence-corrected chi connectivity index (χ2v) is 4.97. The number of benzene rings is 1. The van der Waals surface area contributed by atoms with Gasteiger partial charge in [-0.2, -0.15) is 0 Å². The molecule has 0 radical (unpaired) electrons. The normalized spacial score (nSPS) is 12.6. The van der Waals surface area contributed by atoms with Gasteiger partial charge in [-0.25, -0.2) is 4.98 Å². The molecule has 1 N–H and O–H groups in total. The van der Waals surface area contributed by atoms with Gasteiger partial charge in [-0.3, -0.25) is 0 Å². The van der Waals surface area contributed by atoms with Gasteiger partial charge in [0.05, 0.1) is 18.1 Å². The summed E-state index contributed by atoms with van der Waals surface area (Å²) >= 11 is 3.45. The number of halogens is 1. The summed E-state index contributed by atoms with van der Waals surface area (Å²) in [5, 5.41) is 3.16. The summed E-state index contributed by atoms with van der Waals surface area (Å²) in [4.78, 5) is 4.22. The van der Waals surface area contributed by atoms with Crippen molar-refractivity contribution in [2.75, 3.05) is 7.05 Å². The van der Waals surface area contributed by atoms with E-state index in [1.165, 1.54) is 11.3 Å². The SMILES string of the molecule is CNCc1cncn1C(C)c1ccc(Br)cc1. The highest BCUT2D eigenvalue weighted by atomic mass is 79.9. The Hall–Kier alpha value is -1.13. The molecule has 1 aromatic carbocycles. The van der Waals surface area contributed by atoms with Crippen molar-refractivity contribution in [1.29, 1.82) is 0 Å². The molecule has 0 aliphatic rings. The smallest absolute Gasteiger partial charge is 0.0954 e. The molecule has 0 aliphatic heterocycles. The molecular formula is C13H16BrN3. The molecule has 17 heavy (non-hydrogen) atoms. The Kier molecular flexibility index (Phi) is 3.97. The third-order valence-electron chi connectivity index (χ3n) is 2.87. The summed E-state index contributed by atoms with van der Waals surface area (Å²) in [5.74, 6) is 0. The van der Waals surface area contributed by atoms with Crippen molar-refractivity contribution in [2.45, 2.75) is 19.5 Å². The molecule has 0 spiro atoms. The lowest BCUT2D eigenvalue weighted by Gasteiger charge is -2.17. The molecule has 0 saturated carbocycles. The second kappa shape index (κ2) is 5.47. The maximum atomic E-state index is 4.22. The van der Waals surface area contributed by atoms with Gasteiger partial charge in [0.15, 0.2) is 0 Å². The number of aromatic nitrogens is 2. The zero-order valence-electron chi connectivity index (χ0n) is 10.0. The van der Waals surface area contributed by atoms with Crippen molar-refractivity contribution in [3.05, 3.63) is 52.5 Å². The lowest BCUT2D eigenvalue weighted by molar-refractivity contribution is 0.593. The van der Waals surface area contributed by atoms with Crippen molar-refractivity contribution in [3.63, 3.8) is 0 Å². The van der Waals surface area contributed by atoms with Gasteiger partial charge in [0, 0.05) is 17.2 Å².